The van der Waals surface area contributed by atoms with Gasteiger partial charge in [0.05, 0.1) is 0 Å². The Bertz CT molecular complexity index is 101. The number of hydroxylamine groups is 2. The van der Waals surface area contributed by atoms with E-state index >= 15 is 0 Å². The Balaban J connectivity index is 0. The van der Waals surface area contributed by atoms with Crippen molar-refractivity contribution in [3.8, 4) is 0 Å². The molecule has 0 saturated heterocycles. The summed E-state index contributed by atoms with van der Waals surface area (Å²) < 4.78 is 15.5. The van der Waals surface area contributed by atoms with Crippen molar-refractivity contribution in [2.24, 2.45) is 5.73 Å². The van der Waals surface area contributed by atoms with Gasteiger partial charge in [-0.05, 0) is 0 Å². The highest BCUT2D eigenvalue weighted by molar-refractivity contribution is 7.39. The van der Waals surface area contributed by atoms with E-state index in [2.05, 4.69) is 0 Å². The molecule has 6 heteroatoms. The van der Waals surface area contributed by atoms with E-state index in [-0.39, 0.29) is 12.4 Å². The summed E-state index contributed by atoms with van der Waals surface area (Å²) in [6.45, 7) is 0.422. The molecule has 0 aliphatic carbocycles. The molecule has 0 spiro atoms. The van der Waals surface area contributed by atoms with Gasteiger partial charge in [-0.3, -0.25) is 4.57 Å². The van der Waals surface area contributed by atoms with Gasteiger partial charge in [0.1, 0.15) is 0 Å². The second-order valence-corrected chi connectivity index (χ2v) is 3.24. The molecule has 0 heterocycles. The SMILES string of the molecule is CN(C)O[PH](=O)CCN.Cl. The predicted octanol–water partition coefficient (Wildman–Crippen LogP) is 0.335. The number of nitrogens with zero attached hydrogens (tertiary/aromatic N) is 1. The lowest BCUT2D eigenvalue weighted by atomic mass is 10.8. The molecule has 0 rings (SSSR count). The zero-order valence-corrected chi connectivity index (χ0v) is 7.98. The van der Waals surface area contributed by atoms with Crippen LogP contribution in [0.5, 0.6) is 0 Å². The van der Waals surface area contributed by atoms with Crippen LogP contribution in [0.4, 0.5) is 0 Å². The largest absolute Gasteiger partial charge is 0.330 e. The fraction of sp³-hybridized carbons (Fsp3) is 1.00. The number of nitrogens with two attached hydrogens (primary N) is 1. The summed E-state index contributed by atoms with van der Waals surface area (Å²) in [7, 11) is 1.50. The lowest BCUT2D eigenvalue weighted by molar-refractivity contribution is 0.00693. The summed E-state index contributed by atoms with van der Waals surface area (Å²) in [5.41, 5.74) is 5.13. The maximum Gasteiger partial charge on any atom is 0.211 e. The Morgan fingerprint density at radius 2 is 2.10 bits per heavy atom. The standard InChI is InChI=1S/C4H13N2O2P.ClH/c1-6(2)8-9(7)4-3-5;/h9H,3-5H2,1-2H3;1H. The third-order valence-electron chi connectivity index (χ3n) is 0.633. The van der Waals surface area contributed by atoms with Crippen LogP contribution in [-0.4, -0.2) is 31.9 Å². The molecular formula is C4H14ClN2O2P. The molecule has 2 N–H and O–H groups in total. The van der Waals surface area contributed by atoms with Gasteiger partial charge in [0, 0.05) is 26.8 Å². The topological polar surface area (TPSA) is 55.6 Å². The molecule has 0 aliphatic heterocycles. The van der Waals surface area contributed by atoms with Crippen LogP contribution in [0.15, 0.2) is 0 Å². The summed E-state index contributed by atoms with van der Waals surface area (Å²) in [6, 6.07) is 0. The predicted molar refractivity (Wildman–Crippen MR) is 44.9 cm³/mol. The minimum Gasteiger partial charge on any atom is -0.330 e. The third kappa shape index (κ3) is 8.40. The summed E-state index contributed by atoms with van der Waals surface area (Å²) in [6.07, 6.45) is 0.461. The van der Waals surface area contributed by atoms with Gasteiger partial charge in [0.2, 0.25) is 8.03 Å². The van der Waals surface area contributed by atoms with Crippen molar-refractivity contribution < 1.29 is 9.19 Å². The molecule has 64 valence electrons. The third-order valence-corrected chi connectivity index (χ3v) is 1.90. The van der Waals surface area contributed by atoms with Crippen molar-refractivity contribution in [1.82, 2.24) is 5.06 Å². The zero-order chi connectivity index (χ0) is 7.28. The molecule has 0 aliphatic rings. The van der Waals surface area contributed by atoms with Gasteiger partial charge < -0.3 is 5.73 Å². The highest BCUT2D eigenvalue weighted by Gasteiger charge is 1.97. The van der Waals surface area contributed by atoms with Gasteiger partial charge in [-0.2, -0.15) is 5.06 Å². The van der Waals surface area contributed by atoms with Gasteiger partial charge in [0.15, 0.2) is 0 Å². The van der Waals surface area contributed by atoms with Crippen LogP contribution < -0.4 is 5.73 Å². The van der Waals surface area contributed by atoms with E-state index in [4.69, 9.17) is 10.4 Å². The first-order valence-electron chi connectivity index (χ1n) is 2.75. The van der Waals surface area contributed by atoms with Crippen LogP contribution in [0, 0.1) is 0 Å². The molecule has 0 fully saturated rings. The van der Waals surface area contributed by atoms with E-state index < -0.39 is 8.03 Å². The van der Waals surface area contributed by atoms with Gasteiger partial charge in [0.25, 0.3) is 0 Å². The Morgan fingerprint density at radius 1 is 1.60 bits per heavy atom. The van der Waals surface area contributed by atoms with E-state index in [1.54, 1.807) is 14.1 Å². The lowest BCUT2D eigenvalue weighted by Gasteiger charge is -2.08. The molecule has 0 radical (unpaired) electrons. The highest BCUT2D eigenvalue weighted by Crippen LogP contribution is 2.20. The monoisotopic (exact) mass is 188 g/mol. The summed E-state index contributed by atoms with van der Waals surface area (Å²) in [4.78, 5) is 0. The van der Waals surface area contributed by atoms with E-state index in [9.17, 15) is 4.57 Å². The van der Waals surface area contributed by atoms with Gasteiger partial charge in [-0.1, -0.05) is 0 Å². The average Bonchev–Trinajstić information content (AvgIpc) is 1.63. The molecule has 1 unspecified atom stereocenters. The molecule has 0 aromatic heterocycles. The summed E-state index contributed by atoms with van der Waals surface area (Å²) in [5, 5.41) is 1.43. The van der Waals surface area contributed by atoms with Gasteiger partial charge >= 0.3 is 0 Å². The molecule has 4 nitrogen and oxygen atoms in total. The fourth-order valence-electron chi connectivity index (χ4n) is 0.367. The number of rotatable bonds is 4. The maximum atomic E-state index is 10.7. The number of hydrogen-bond donors (Lipinski definition) is 1. The molecular weight excluding hydrogens is 174 g/mol. The van der Waals surface area contributed by atoms with Crippen molar-refractivity contribution in [1.29, 1.82) is 0 Å². The van der Waals surface area contributed by atoms with Crippen LogP contribution in [0.3, 0.4) is 0 Å². The van der Waals surface area contributed by atoms with Crippen molar-refractivity contribution in [2.45, 2.75) is 0 Å². The Labute approximate surface area is 67.9 Å². The van der Waals surface area contributed by atoms with Crippen molar-refractivity contribution in [2.75, 3.05) is 26.8 Å². The number of hydrogen-bond acceptors (Lipinski definition) is 4. The highest BCUT2D eigenvalue weighted by atomic mass is 35.5. The quantitative estimate of drug-likeness (QED) is 0.511. The first kappa shape index (κ1) is 13.0. The Morgan fingerprint density at radius 3 is 2.40 bits per heavy atom. The first-order valence-corrected chi connectivity index (χ1v) is 4.27. The minimum absolute atomic E-state index is 0. The van der Waals surface area contributed by atoms with Crippen LogP contribution in [0.25, 0.3) is 0 Å². The van der Waals surface area contributed by atoms with Crippen molar-refractivity contribution in [3.05, 3.63) is 0 Å². The molecule has 0 bridgehead atoms. The Hall–Kier alpha value is 0.400. The average molecular weight is 189 g/mol. The van der Waals surface area contributed by atoms with E-state index in [1.165, 1.54) is 5.06 Å². The van der Waals surface area contributed by atoms with E-state index in [0.717, 1.165) is 0 Å². The van der Waals surface area contributed by atoms with Crippen LogP contribution in [0.2, 0.25) is 0 Å². The molecule has 0 aromatic rings. The van der Waals surface area contributed by atoms with Gasteiger partial charge in [-0.15, -0.1) is 12.4 Å². The Kier molecular flexibility index (Phi) is 9.78. The lowest BCUT2D eigenvalue weighted by Crippen LogP contribution is -2.10. The minimum atomic E-state index is -1.89. The second-order valence-electron chi connectivity index (χ2n) is 1.81. The normalized spacial score (nSPS) is 12.8. The van der Waals surface area contributed by atoms with Crippen LogP contribution in [-0.2, 0) is 9.19 Å². The van der Waals surface area contributed by atoms with E-state index in [0.29, 0.717) is 12.7 Å². The second kappa shape index (κ2) is 7.51. The summed E-state index contributed by atoms with van der Waals surface area (Å²) in [5.74, 6) is 0. The molecule has 0 saturated carbocycles. The maximum absolute atomic E-state index is 10.7. The molecule has 1 atom stereocenters. The van der Waals surface area contributed by atoms with Crippen LogP contribution in [0.1, 0.15) is 0 Å². The van der Waals surface area contributed by atoms with Crippen LogP contribution >= 0.6 is 20.4 Å². The van der Waals surface area contributed by atoms with Gasteiger partial charge in [-0.25, -0.2) is 4.62 Å². The molecule has 0 aromatic carbocycles. The van der Waals surface area contributed by atoms with Crippen molar-refractivity contribution >= 4 is 20.4 Å². The molecule has 0 amide bonds. The van der Waals surface area contributed by atoms with Crippen molar-refractivity contribution in [3.63, 3.8) is 0 Å². The first-order chi connectivity index (χ1) is 4.16. The smallest absolute Gasteiger partial charge is 0.211 e. The fourth-order valence-corrected chi connectivity index (χ4v) is 1.10. The summed E-state index contributed by atoms with van der Waals surface area (Å²) >= 11 is 0. The molecule has 10 heavy (non-hydrogen) atoms. The zero-order valence-electron chi connectivity index (χ0n) is 6.16. The number of halogens is 1. The van der Waals surface area contributed by atoms with E-state index in [1.807, 2.05) is 0 Å².